The van der Waals surface area contributed by atoms with E-state index in [1.807, 2.05) is 51.1 Å². The highest BCUT2D eigenvalue weighted by Crippen LogP contribution is 2.20. The number of carbonyl (C=O) groups is 2. The minimum atomic E-state index is -0.974. The number of aliphatic carboxylic acids is 1. The molecule has 0 aromatic heterocycles. The van der Waals surface area contributed by atoms with Gasteiger partial charge in [0, 0.05) is 19.9 Å². The fourth-order valence-electron chi connectivity index (χ4n) is 1.98. The van der Waals surface area contributed by atoms with Gasteiger partial charge in [-0.3, -0.25) is 4.79 Å². The Kier molecular flexibility index (Phi) is 5.31. The average Bonchev–Trinajstić information content (AvgIpc) is 2.34. The Morgan fingerprint density at radius 3 is 2.20 bits per heavy atom. The number of carbonyl (C=O) groups excluding carboxylic acids is 1. The molecular formula is C16H23NO3. The normalized spacial score (nSPS) is 12.8. The van der Waals surface area contributed by atoms with Crippen LogP contribution in [0.3, 0.4) is 0 Å². The first-order valence-corrected chi connectivity index (χ1v) is 6.73. The van der Waals surface area contributed by atoms with Crippen LogP contribution in [0.15, 0.2) is 30.3 Å². The van der Waals surface area contributed by atoms with Gasteiger partial charge in [-0.15, -0.1) is 0 Å². The Labute approximate surface area is 120 Å². The molecule has 1 N–H and O–H groups in total. The van der Waals surface area contributed by atoms with Crippen LogP contribution in [0.5, 0.6) is 0 Å². The third-order valence-corrected chi connectivity index (χ3v) is 3.10. The molecule has 4 heteroatoms. The van der Waals surface area contributed by atoms with Crippen molar-refractivity contribution >= 4 is 11.9 Å². The summed E-state index contributed by atoms with van der Waals surface area (Å²) < 4.78 is 0. The fourth-order valence-corrected chi connectivity index (χ4v) is 1.98. The zero-order valence-corrected chi connectivity index (χ0v) is 12.6. The lowest BCUT2D eigenvalue weighted by Crippen LogP contribution is -2.44. The van der Waals surface area contributed by atoms with Crippen molar-refractivity contribution < 1.29 is 14.7 Å². The molecule has 1 aromatic carbocycles. The first-order valence-electron chi connectivity index (χ1n) is 6.73. The standard InChI is InChI=1S/C16H23NO3/c1-16(2,3)11-14(18)17(4)13(15(19)20)10-12-8-6-5-7-9-12/h5-9,13H,10-11H2,1-4H3,(H,19,20). The number of hydrogen-bond donors (Lipinski definition) is 1. The Bertz CT molecular complexity index is 462. The number of benzene rings is 1. The molecule has 0 saturated carbocycles. The highest BCUT2D eigenvalue weighted by atomic mass is 16.4. The Morgan fingerprint density at radius 2 is 1.75 bits per heavy atom. The van der Waals surface area contributed by atoms with Crippen molar-refractivity contribution in [1.82, 2.24) is 4.90 Å². The highest BCUT2D eigenvalue weighted by Gasteiger charge is 2.28. The smallest absolute Gasteiger partial charge is 0.326 e. The van der Waals surface area contributed by atoms with Crippen molar-refractivity contribution in [2.75, 3.05) is 7.05 Å². The summed E-state index contributed by atoms with van der Waals surface area (Å²) in [5.74, 6) is -1.11. The summed E-state index contributed by atoms with van der Waals surface area (Å²) in [5.41, 5.74) is 0.761. The largest absolute Gasteiger partial charge is 0.480 e. The Morgan fingerprint density at radius 1 is 1.20 bits per heavy atom. The second-order valence-corrected chi connectivity index (χ2v) is 6.29. The molecule has 0 spiro atoms. The Hall–Kier alpha value is -1.84. The van der Waals surface area contributed by atoms with Gasteiger partial charge in [-0.1, -0.05) is 51.1 Å². The van der Waals surface area contributed by atoms with Crippen molar-refractivity contribution in [3.63, 3.8) is 0 Å². The van der Waals surface area contributed by atoms with Gasteiger partial charge in [0.1, 0.15) is 6.04 Å². The number of likely N-dealkylation sites (N-methyl/N-ethyl adjacent to an activating group) is 1. The number of amides is 1. The monoisotopic (exact) mass is 277 g/mol. The van der Waals surface area contributed by atoms with Crippen molar-refractivity contribution in [2.24, 2.45) is 5.41 Å². The molecule has 1 rings (SSSR count). The van der Waals surface area contributed by atoms with E-state index >= 15 is 0 Å². The van der Waals surface area contributed by atoms with Gasteiger partial charge >= 0.3 is 5.97 Å². The molecule has 4 nitrogen and oxygen atoms in total. The second kappa shape index (κ2) is 6.55. The zero-order valence-electron chi connectivity index (χ0n) is 12.6. The van der Waals surface area contributed by atoms with E-state index in [9.17, 15) is 14.7 Å². The lowest BCUT2D eigenvalue weighted by molar-refractivity contribution is -0.149. The van der Waals surface area contributed by atoms with Gasteiger partial charge < -0.3 is 10.0 Å². The molecule has 1 unspecified atom stereocenters. The molecule has 1 amide bonds. The number of hydrogen-bond acceptors (Lipinski definition) is 2. The SMILES string of the molecule is CN(C(=O)CC(C)(C)C)C(Cc1ccccc1)C(=O)O. The van der Waals surface area contributed by atoms with E-state index in [1.165, 1.54) is 4.90 Å². The first kappa shape index (κ1) is 16.2. The summed E-state index contributed by atoms with van der Waals surface area (Å²) >= 11 is 0. The van der Waals surface area contributed by atoms with E-state index in [1.54, 1.807) is 7.05 Å². The predicted molar refractivity (Wildman–Crippen MR) is 78.4 cm³/mol. The van der Waals surface area contributed by atoms with Crippen LogP contribution in [-0.4, -0.2) is 35.0 Å². The fraction of sp³-hybridized carbons (Fsp3) is 0.500. The van der Waals surface area contributed by atoms with E-state index in [2.05, 4.69) is 0 Å². The molecule has 0 fully saturated rings. The van der Waals surface area contributed by atoms with Crippen LogP contribution in [0.25, 0.3) is 0 Å². The topological polar surface area (TPSA) is 57.6 Å². The second-order valence-electron chi connectivity index (χ2n) is 6.29. The summed E-state index contributed by atoms with van der Waals surface area (Å²) in [6.45, 7) is 5.89. The van der Waals surface area contributed by atoms with Crippen LogP contribution in [0.2, 0.25) is 0 Å². The van der Waals surface area contributed by atoms with E-state index < -0.39 is 12.0 Å². The summed E-state index contributed by atoms with van der Waals surface area (Å²) in [6, 6.07) is 8.53. The summed E-state index contributed by atoms with van der Waals surface area (Å²) in [6.07, 6.45) is 0.657. The van der Waals surface area contributed by atoms with Crippen LogP contribution in [-0.2, 0) is 16.0 Å². The first-order chi connectivity index (χ1) is 9.20. The molecule has 0 radical (unpaired) electrons. The zero-order chi connectivity index (χ0) is 15.3. The van der Waals surface area contributed by atoms with Gasteiger partial charge in [-0.2, -0.15) is 0 Å². The minimum absolute atomic E-state index is 0.138. The van der Waals surface area contributed by atoms with E-state index in [4.69, 9.17) is 0 Å². The van der Waals surface area contributed by atoms with Gasteiger partial charge in [0.2, 0.25) is 5.91 Å². The van der Waals surface area contributed by atoms with Crippen molar-refractivity contribution in [1.29, 1.82) is 0 Å². The van der Waals surface area contributed by atoms with Gasteiger partial charge in [0.25, 0.3) is 0 Å². The van der Waals surface area contributed by atoms with Gasteiger partial charge in [-0.05, 0) is 11.0 Å². The van der Waals surface area contributed by atoms with Crippen LogP contribution in [0.1, 0.15) is 32.8 Å². The van der Waals surface area contributed by atoms with Crippen LogP contribution in [0.4, 0.5) is 0 Å². The molecule has 0 saturated heterocycles. The molecular weight excluding hydrogens is 254 g/mol. The minimum Gasteiger partial charge on any atom is -0.480 e. The van der Waals surface area contributed by atoms with E-state index in [0.717, 1.165) is 5.56 Å². The van der Waals surface area contributed by atoms with Gasteiger partial charge in [0.15, 0.2) is 0 Å². The number of carboxylic acid groups (broad SMARTS) is 1. The highest BCUT2D eigenvalue weighted by molar-refractivity contribution is 5.84. The van der Waals surface area contributed by atoms with Crippen LogP contribution >= 0.6 is 0 Å². The van der Waals surface area contributed by atoms with Gasteiger partial charge in [0.05, 0.1) is 0 Å². The van der Waals surface area contributed by atoms with Crippen molar-refractivity contribution in [2.45, 2.75) is 39.7 Å². The summed E-state index contributed by atoms with van der Waals surface area (Å²) in [5, 5.41) is 9.36. The third-order valence-electron chi connectivity index (χ3n) is 3.10. The molecule has 0 bridgehead atoms. The molecule has 20 heavy (non-hydrogen) atoms. The lowest BCUT2D eigenvalue weighted by Gasteiger charge is -2.28. The average molecular weight is 277 g/mol. The number of carboxylic acids is 1. The van der Waals surface area contributed by atoms with Crippen molar-refractivity contribution in [3.8, 4) is 0 Å². The van der Waals surface area contributed by atoms with Gasteiger partial charge in [-0.25, -0.2) is 4.79 Å². The summed E-state index contributed by atoms with van der Waals surface area (Å²) in [4.78, 5) is 24.9. The van der Waals surface area contributed by atoms with Crippen LogP contribution < -0.4 is 0 Å². The maximum atomic E-state index is 12.2. The number of nitrogens with zero attached hydrogens (tertiary/aromatic N) is 1. The molecule has 0 aliphatic heterocycles. The molecule has 0 aliphatic rings. The summed E-state index contributed by atoms with van der Waals surface area (Å²) in [7, 11) is 1.57. The molecule has 110 valence electrons. The molecule has 1 atom stereocenters. The maximum Gasteiger partial charge on any atom is 0.326 e. The quantitative estimate of drug-likeness (QED) is 0.900. The van der Waals surface area contributed by atoms with E-state index in [0.29, 0.717) is 12.8 Å². The van der Waals surface area contributed by atoms with Crippen molar-refractivity contribution in [3.05, 3.63) is 35.9 Å². The lowest BCUT2D eigenvalue weighted by atomic mass is 9.91. The predicted octanol–water partition coefficient (Wildman–Crippen LogP) is 2.58. The Balaban J connectivity index is 2.81. The molecule has 0 heterocycles. The van der Waals surface area contributed by atoms with Crippen LogP contribution in [0, 0.1) is 5.41 Å². The third kappa shape index (κ3) is 5.03. The van der Waals surface area contributed by atoms with E-state index in [-0.39, 0.29) is 11.3 Å². The molecule has 1 aromatic rings. The maximum absolute atomic E-state index is 12.2. The molecule has 0 aliphatic carbocycles. The number of rotatable bonds is 5.